The second kappa shape index (κ2) is 5.98. The molecular weight excluding hydrogens is 334 g/mol. The third-order valence-electron chi connectivity index (χ3n) is 5.74. The SMILES string of the molecule is C[C@H]1CCc2nc3ccc4ccccc4c3c(-c3ccc(O)cc3O)c2C1. The molecule has 134 valence electrons. The van der Waals surface area contributed by atoms with Crippen molar-refractivity contribution in [2.24, 2.45) is 5.92 Å². The second-order valence-corrected chi connectivity index (χ2v) is 7.64. The van der Waals surface area contributed by atoms with Gasteiger partial charge in [-0.3, -0.25) is 4.98 Å². The molecular formula is C24H21NO2. The van der Waals surface area contributed by atoms with Crippen molar-refractivity contribution in [1.29, 1.82) is 0 Å². The first-order chi connectivity index (χ1) is 13.1. The Hall–Kier alpha value is -3.07. The second-order valence-electron chi connectivity index (χ2n) is 7.64. The van der Waals surface area contributed by atoms with E-state index in [1.165, 1.54) is 11.6 Å². The lowest BCUT2D eigenvalue weighted by molar-refractivity contribution is 0.451. The summed E-state index contributed by atoms with van der Waals surface area (Å²) < 4.78 is 0. The van der Waals surface area contributed by atoms with E-state index in [0.29, 0.717) is 5.92 Å². The van der Waals surface area contributed by atoms with Crippen LogP contribution in [0, 0.1) is 5.92 Å². The van der Waals surface area contributed by atoms with Crippen molar-refractivity contribution in [3.8, 4) is 22.6 Å². The van der Waals surface area contributed by atoms with Crippen LogP contribution in [0.15, 0.2) is 54.6 Å². The molecule has 0 radical (unpaired) electrons. The number of phenols is 2. The summed E-state index contributed by atoms with van der Waals surface area (Å²) >= 11 is 0. The van der Waals surface area contributed by atoms with Gasteiger partial charge in [-0.15, -0.1) is 0 Å². The van der Waals surface area contributed by atoms with Crippen LogP contribution >= 0.6 is 0 Å². The summed E-state index contributed by atoms with van der Waals surface area (Å²) in [7, 11) is 0. The maximum absolute atomic E-state index is 10.7. The molecule has 1 aliphatic rings. The van der Waals surface area contributed by atoms with Crippen LogP contribution < -0.4 is 0 Å². The van der Waals surface area contributed by atoms with Gasteiger partial charge in [0.1, 0.15) is 11.5 Å². The van der Waals surface area contributed by atoms with Crippen molar-refractivity contribution in [2.45, 2.75) is 26.2 Å². The molecule has 3 nitrogen and oxygen atoms in total. The van der Waals surface area contributed by atoms with Crippen LogP contribution in [0.2, 0.25) is 0 Å². The number of aromatic hydroxyl groups is 2. The van der Waals surface area contributed by atoms with Crippen LogP contribution in [0.25, 0.3) is 32.8 Å². The zero-order chi connectivity index (χ0) is 18.5. The fourth-order valence-corrected chi connectivity index (χ4v) is 4.41. The lowest BCUT2D eigenvalue weighted by atomic mass is 9.81. The molecule has 0 saturated carbocycles. The van der Waals surface area contributed by atoms with Crippen LogP contribution in [0.5, 0.6) is 11.5 Å². The molecule has 3 heteroatoms. The van der Waals surface area contributed by atoms with E-state index in [-0.39, 0.29) is 11.5 Å². The minimum absolute atomic E-state index is 0.0710. The van der Waals surface area contributed by atoms with Crippen molar-refractivity contribution < 1.29 is 10.2 Å². The highest BCUT2D eigenvalue weighted by molar-refractivity contribution is 6.14. The number of aryl methyl sites for hydroxylation is 1. The Bertz CT molecular complexity index is 1200. The molecule has 0 amide bonds. The van der Waals surface area contributed by atoms with Crippen molar-refractivity contribution in [3.05, 3.63) is 65.9 Å². The van der Waals surface area contributed by atoms with Crippen molar-refractivity contribution in [1.82, 2.24) is 4.98 Å². The summed E-state index contributed by atoms with van der Waals surface area (Å²) in [5.41, 5.74) is 5.17. The Balaban J connectivity index is 1.98. The molecule has 0 aliphatic heterocycles. The van der Waals surface area contributed by atoms with Crippen molar-refractivity contribution in [2.75, 3.05) is 0 Å². The number of benzene rings is 3. The van der Waals surface area contributed by atoms with E-state index in [1.54, 1.807) is 6.07 Å². The van der Waals surface area contributed by atoms with Crippen LogP contribution in [0.3, 0.4) is 0 Å². The fourth-order valence-electron chi connectivity index (χ4n) is 4.41. The highest BCUT2D eigenvalue weighted by atomic mass is 16.3. The Kier molecular flexibility index (Phi) is 3.57. The first kappa shape index (κ1) is 16.1. The van der Waals surface area contributed by atoms with E-state index in [9.17, 15) is 10.2 Å². The van der Waals surface area contributed by atoms with E-state index in [4.69, 9.17) is 4.98 Å². The topological polar surface area (TPSA) is 53.4 Å². The molecule has 0 spiro atoms. The zero-order valence-electron chi connectivity index (χ0n) is 15.2. The maximum atomic E-state index is 10.7. The molecule has 2 N–H and O–H groups in total. The van der Waals surface area contributed by atoms with Crippen LogP contribution in [0.4, 0.5) is 0 Å². The number of rotatable bonds is 1. The van der Waals surface area contributed by atoms with Crippen molar-refractivity contribution in [3.63, 3.8) is 0 Å². The highest BCUT2D eigenvalue weighted by Gasteiger charge is 2.25. The summed E-state index contributed by atoms with van der Waals surface area (Å²) in [5.74, 6) is 0.766. The molecule has 1 aliphatic carbocycles. The van der Waals surface area contributed by atoms with Gasteiger partial charge in [-0.05, 0) is 59.7 Å². The quantitative estimate of drug-likeness (QED) is 0.438. The summed E-state index contributed by atoms with van der Waals surface area (Å²) in [5, 5.41) is 23.8. The van der Waals surface area contributed by atoms with Gasteiger partial charge < -0.3 is 10.2 Å². The predicted octanol–water partition coefficient (Wildman–Crippen LogP) is 5.59. The van der Waals surface area contributed by atoms with E-state index in [1.807, 2.05) is 18.2 Å². The average Bonchev–Trinajstić information content (AvgIpc) is 2.67. The third kappa shape index (κ3) is 2.54. The van der Waals surface area contributed by atoms with E-state index >= 15 is 0 Å². The van der Waals surface area contributed by atoms with E-state index < -0.39 is 0 Å². The van der Waals surface area contributed by atoms with Crippen LogP contribution in [-0.2, 0) is 12.8 Å². The molecule has 1 aromatic heterocycles. The number of nitrogens with zero attached hydrogens (tertiary/aromatic N) is 1. The lowest BCUT2D eigenvalue weighted by Gasteiger charge is -2.26. The number of hydrogen-bond donors (Lipinski definition) is 2. The van der Waals surface area contributed by atoms with Crippen molar-refractivity contribution >= 4 is 21.7 Å². The molecule has 1 heterocycles. The summed E-state index contributed by atoms with van der Waals surface area (Å²) in [6.07, 6.45) is 3.06. The number of hydrogen-bond acceptors (Lipinski definition) is 3. The van der Waals surface area contributed by atoms with Gasteiger partial charge in [0.05, 0.1) is 5.52 Å². The molecule has 5 rings (SSSR count). The van der Waals surface area contributed by atoms with Gasteiger partial charge in [-0.2, -0.15) is 0 Å². The number of phenolic OH excluding ortho intramolecular Hbond substituents is 2. The van der Waals surface area contributed by atoms with Gasteiger partial charge in [0.25, 0.3) is 0 Å². The summed E-state index contributed by atoms with van der Waals surface area (Å²) in [6.45, 7) is 2.27. The Labute approximate surface area is 157 Å². The Morgan fingerprint density at radius 3 is 2.70 bits per heavy atom. The molecule has 0 unspecified atom stereocenters. The molecule has 3 aromatic carbocycles. The minimum atomic E-state index is 0.0710. The van der Waals surface area contributed by atoms with Gasteiger partial charge in [0.2, 0.25) is 0 Å². The van der Waals surface area contributed by atoms with Gasteiger partial charge in [0, 0.05) is 28.3 Å². The Morgan fingerprint density at radius 1 is 1.00 bits per heavy atom. The number of aromatic nitrogens is 1. The largest absolute Gasteiger partial charge is 0.508 e. The minimum Gasteiger partial charge on any atom is -0.508 e. The number of fused-ring (bicyclic) bond motifs is 4. The average molecular weight is 355 g/mol. The lowest BCUT2D eigenvalue weighted by Crippen LogP contribution is -2.14. The van der Waals surface area contributed by atoms with E-state index in [0.717, 1.165) is 57.8 Å². The number of pyridine rings is 1. The molecule has 0 bridgehead atoms. The fraction of sp³-hybridized carbons (Fsp3) is 0.208. The Morgan fingerprint density at radius 2 is 1.85 bits per heavy atom. The van der Waals surface area contributed by atoms with Crippen LogP contribution in [0.1, 0.15) is 24.6 Å². The zero-order valence-corrected chi connectivity index (χ0v) is 15.2. The third-order valence-corrected chi connectivity index (χ3v) is 5.74. The van der Waals surface area contributed by atoms with Crippen LogP contribution in [-0.4, -0.2) is 15.2 Å². The highest BCUT2D eigenvalue weighted by Crippen LogP contribution is 2.44. The standard InChI is InChI=1S/C24H21NO2/c1-14-6-10-20-19(12-14)23(18-9-8-16(26)13-22(18)27)24-17-5-3-2-4-15(17)7-11-21(24)25-20/h2-5,7-9,11,13-14,26-27H,6,10,12H2,1H3/t14-/m0/s1. The molecule has 1 atom stereocenters. The normalized spacial score (nSPS) is 16.6. The monoisotopic (exact) mass is 355 g/mol. The molecule has 0 fully saturated rings. The smallest absolute Gasteiger partial charge is 0.127 e. The molecule has 4 aromatic rings. The van der Waals surface area contributed by atoms with E-state index in [2.05, 4.69) is 31.2 Å². The molecule has 0 saturated heterocycles. The summed E-state index contributed by atoms with van der Waals surface area (Å²) in [6, 6.07) is 17.4. The first-order valence-corrected chi connectivity index (χ1v) is 9.47. The first-order valence-electron chi connectivity index (χ1n) is 9.47. The summed E-state index contributed by atoms with van der Waals surface area (Å²) in [4.78, 5) is 5.00. The van der Waals surface area contributed by atoms with Gasteiger partial charge in [0.15, 0.2) is 0 Å². The van der Waals surface area contributed by atoms with Gasteiger partial charge in [-0.25, -0.2) is 0 Å². The van der Waals surface area contributed by atoms with Gasteiger partial charge >= 0.3 is 0 Å². The van der Waals surface area contributed by atoms with Gasteiger partial charge in [-0.1, -0.05) is 37.3 Å². The maximum Gasteiger partial charge on any atom is 0.127 e. The predicted molar refractivity (Wildman–Crippen MR) is 109 cm³/mol. The molecule has 27 heavy (non-hydrogen) atoms.